The molecule has 2 fully saturated rings. The van der Waals surface area contributed by atoms with Crippen LogP contribution in [0.25, 0.3) is 11.0 Å². The first-order chi connectivity index (χ1) is 22.4. The van der Waals surface area contributed by atoms with Gasteiger partial charge in [-0.3, -0.25) is 23.5 Å². The molecule has 2 amide bonds. The molecule has 0 radical (unpaired) electrons. The van der Waals surface area contributed by atoms with Gasteiger partial charge in [-0.15, -0.1) is 11.3 Å². The van der Waals surface area contributed by atoms with E-state index in [1.807, 2.05) is 59.6 Å². The van der Waals surface area contributed by atoms with Crippen molar-refractivity contribution in [2.45, 2.75) is 82.6 Å². The fourth-order valence-electron chi connectivity index (χ4n) is 6.58. The maximum absolute atomic E-state index is 14.2. The molecule has 1 aliphatic heterocycles. The quantitative estimate of drug-likeness (QED) is 0.243. The predicted octanol–water partition coefficient (Wildman–Crippen LogP) is 5.44. The van der Waals surface area contributed by atoms with Crippen molar-refractivity contribution in [2.24, 2.45) is 0 Å². The molecule has 1 N–H and O–H groups in total. The summed E-state index contributed by atoms with van der Waals surface area (Å²) in [7, 11) is 0. The van der Waals surface area contributed by atoms with Crippen molar-refractivity contribution in [2.75, 3.05) is 11.5 Å². The van der Waals surface area contributed by atoms with E-state index in [-0.39, 0.29) is 59.5 Å². The highest BCUT2D eigenvalue weighted by atomic mass is 32.2. The van der Waals surface area contributed by atoms with Crippen molar-refractivity contribution in [1.82, 2.24) is 24.3 Å². The number of halogens is 1. The summed E-state index contributed by atoms with van der Waals surface area (Å²) in [6, 6.07) is 14.4. The van der Waals surface area contributed by atoms with E-state index in [1.165, 1.54) is 10.6 Å². The Morgan fingerprint density at radius 3 is 2.37 bits per heavy atom. The van der Waals surface area contributed by atoms with Crippen LogP contribution >= 0.6 is 23.1 Å². The first-order valence-electron chi connectivity index (χ1n) is 15.9. The van der Waals surface area contributed by atoms with Crippen LogP contribution in [0.15, 0.2) is 69.7 Å². The van der Waals surface area contributed by atoms with Crippen LogP contribution in [0.1, 0.15) is 73.9 Å². The summed E-state index contributed by atoms with van der Waals surface area (Å²) in [6.07, 6.45) is 5.07. The first-order valence-corrected chi connectivity index (χ1v) is 17.9. The second-order valence-electron chi connectivity index (χ2n) is 12.1. The average Bonchev–Trinajstić information content (AvgIpc) is 3.59. The van der Waals surface area contributed by atoms with Crippen LogP contribution in [0, 0.1) is 5.82 Å². The topological polar surface area (TPSA) is 106 Å². The van der Waals surface area contributed by atoms with Crippen LogP contribution in [-0.2, 0) is 22.7 Å². The molecule has 1 saturated carbocycles. The standard InChI is InChI=1S/C34H38FN5O4S2/c35-24-19-29-32(36-20-24)39(27-14-17-45-18-15-27)34(44)40(33(29)43)26-10-8-25(9-11-26)37-30(41)12-13-31(42)38(22-28-7-4-16-46-28)21-23-5-2-1-3-6-23/h1-7,16,19-20,25-27H,8-15,17-18,21-22H2,(H,37,41). The lowest BCUT2D eigenvalue weighted by Crippen LogP contribution is -2.46. The number of thioether (sulfide) groups is 1. The zero-order valence-corrected chi connectivity index (χ0v) is 27.2. The molecule has 12 heteroatoms. The number of benzene rings is 1. The van der Waals surface area contributed by atoms with Crippen LogP contribution in [-0.4, -0.2) is 48.4 Å². The van der Waals surface area contributed by atoms with Crippen LogP contribution in [0.4, 0.5) is 4.39 Å². The van der Waals surface area contributed by atoms with Gasteiger partial charge in [-0.25, -0.2) is 14.2 Å². The van der Waals surface area contributed by atoms with E-state index in [0.717, 1.165) is 41.0 Å². The number of carbonyl (C=O) groups excluding carboxylic acids is 2. The molecule has 3 aromatic heterocycles. The number of nitrogens with one attached hydrogen (secondary N) is 1. The third kappa shape index (κ3) is 7.44. The lowest BCUT2D eigenvalue weighted by molar-refractivity contribution is -0.134. The van der Waals surface area contributed by atoms with Gasteiger partial charge < -0.3 is 10.2 Å². The van der Waals surface area contributed by atoms with Crippen molar-refractivity contribution in [1.29, 1.82) is 0 Å². The lowest BCUT2D eigenvalue weighted by atomic mass is 9.90. The van der Waals surface area contributed by atoms with Gasteiger partial charge in [0, 0.05) is 42.4 Å². The van der Waals surface area contributed by atoms with Crippen LogP contribution in [0.3, 0.4) is 0 Å². The highest BCUT2D eigenvalue weighted by molar-refractivity contribution is 7.99. The van der Waals surface area contributed by atoms with Gasteiger partial charge in [-0.2, -0.15) is 11.8 Å². The summed E-state index contributed by atoms with van der Waals surface area (Å²) >= 11 is 3.43. The van der Waals surface area contributed by atoms with Crippen molar-refractivity contribution in [3.05, 3.63) is 97.2 Å². The number of nitrogens with zero attached hydrogens (tertiary/aromatic N) is 4. The molecule has 0 atom stereocenters. The SMILES string of the molecule is O=C(CCC(=O)N(Cc1ccccc1)Cc1cccs1)NC1CCC(n2c(=O)c3cc(F)cnc3n(C3CCSCC3)c2=O)CC1. The van der Waals surface area contributed by atoms with Crippen molar-refractivity contribution in [3.8, 4) is 0 Å². The Balaban J connectivity index is 1.08. The molecule has 0 spiro atoms. The molecule has 0 unspecified atom stereocenters. The van der Waals surface area contributed by atoms with Crippen molar-refractivity contribution in [3.63, 3.8) is 0 Å². The number of rotatable bonds is 10. The zero-order valence-electron chi connectivity index (χ0n) is 25.6. The van der Waals surface area contributed by atoms with Crippen LogP contribution < -0.4 is 16.6 Å². The highest BCUT2D eigenvalue weighted by Gasteiger charge is 2.30. The molecule has 4 aromatic rings. The van der Waals surface area contributed by atoms with Gasteiger partial charge in [0.15, 0.2) is 0 Å². The molecule has 6 rings (SSSR count). The van der Waals surface area contributed by atoms with Gasteiger partial charge in [0.2, 0.25) is 11.8 Å². The molecule has 0 bridgehead atoms. The van der Waals surface area contributed by atoms with E-state index in [9.17, 15) is 23.6 Å². The average molecular weight is 664 g/mol. The number of carbonyl (C=O) groups is 2. The summed E-state index contributed by atoms with van der Waals surface area (Å²) in [5.41, 5.74) is 0.381. The smallest absolute Gasteiger partial charge is 0.333 e. The van der Waals surface area contributed by atoms with Gasteiger partial charge in [-0.1, -0.05) is 36.4 Å². The number of amides is 2. The number of hydrogen-bond donors (Lipinski definition) is 1. The minimum atomic E-state index is -0.611. The van der Waals surface area contributed by atoms with Gasteiger partial charge >= 0.3 is 5.69 Å². The lowest BCUT2D eigenvalue weighted by Gasteiger charge is -2.31. The van der Waals surface area contributed by atoms with Crippen LogP contribution in [0.5, 0.6) is 0 Å². The molecular weight excluding hydrogens is 626 g/mol. The Morgan fingerprint density at radius 2 is 1.65 bits per heavy atom. The minimum Gasteiger partial charge on any atom is -0.353 e. The molecule has 2 aliphatic rings. The Bertz CT molecular complexity index is 1780. The zero-order chi connectivity index (χ0) is 32.0. The van der Waals surface area contributed by atoms with Gasteiger partial charge in [0.1, 0.15) is 11.5 Å². The third-order valence-corrected chi connectivity index (χ3v) is 10.9. The molecule has 1 saturated heterocycles. The number of hydrogen-bond acceptors (Lipinski definition) is 7. The maximum Gasteiger partial charge on any atom is 0.333 e. The van der Waals surface area contributed by atoms with Crippen molar-refractivity contribution < 1.29 is 14.0 Å². The monoisotopic (exact) mass is 663 g/mol. The molecular formula is C34H38FN5O4S2. The van der Waals surface area contributed by atoms with Crippen LogP contribution in [0.2, 0.25) is 0 Å². The van der Waals surface area contributed by atoms with E-state index < -0.39 is 11.4 Å². The predicted molar refractivity (Wildman–Crippen MR) is 180 cm³/mol. The van der Waals surface area contributed by atoms with E-state index in [1.54, 1.807) is 20.8 Å². The number of pyridine rings is 1. The Labute approximate surface area is 274 Å². The van der Waals surface area contributed by atoms with E-state index in [4.69, 9.17) is 0 Å². The summed E-state index contributed by atoms with van der Waals surface area (Å²) in [5.74, 6) is 0.949. The summed E-state index contributed by atoms with van der Waals surface area (Å²) < 4.78 is 17.1. The maximum atomic E-state index is 14.2. The van der Waals surface area contributed by atoms with E-state index >= 15 is 0 Å². The van der Waals surface area contributed by atoms with Gasteiger partial charge in [0.05, 0.1) is 18.1 Å². The fourth-order valence-corrected chi connectivity index (χ4v) is 8.38. The summed E-state index contributed by atoms with van der Waals surface area (Å²) in [5, 5.41) is 5.18. The summed E-state index contributed by atoms with van der Waals surface area (Å²) in [4.78, 5) is 60.6. The molecule has 1 aliphatic carbocycles. The minimum absolute atomic E-state index is 0.0782. The fraction of sp³-hybridized carbons (Fsp3) is 0.441. The van der Waals surface area contributed by atoms with E-state index in [2.05, 4.69) is 10.3 Å². The Morgan fingerprint density at radius 1 is 0.913 bits per heavy atom. The normalized spacial score (nSPS) is 18.8. The molecule has 9 nitrogen and oxygen atoms in total. The third-order valence-electron chi connectivity index (χ3n) is 8.97. The largest absolute Gasteiger partial charge is 0.353 e. The number of thiophene rings is 1. The first kappa shape index (κ1) is 32.2. The van der Waals surface area contributed by atoms with E-state index in [0.29, 0.717) is 38.8 Å². The second-order valence-corrected chi connectivity index (χ2v) is 14.3. The number of aromatic nitrogens is 3. The Hall–Kier alpha value is -3.77. The van der Waals surface area contributed by atoms with Gasteiger partial charge in [-0.05, 0) is 73.1 Å². The number of fused-ring (bicyclic) bond motifs is 1. The second kappa shape index (κ2) is 14.8. The Kier molecular flexibility index (Phi) is 10.3. The molecule has 4 heterocycles. The van der Waals surface area contributed by atoms with Gasteiger partial charge in [0.25, 0.3) is 5.56 Å². The highest BCUT2D eigenvalue weighted by Crippen LogP contribution is 2.30. The molecule has 242 valence electrons. The molecule has 1 aromatic carbocycles. The van der Waals surface area contributed by atoms with Crippen molar-refractivity contribution >= 4 is 45.9 Å². The molecule has 46 heavy (non-hydrogen) atoms. The summed E-state index contributed by atoms with van der Waals surface area (Å²) in [6.45, 7) is 0.969.